The van der Waals surface area contributed by atoms with E-state index in [-0.39, 0.29) is 71.6 Å². The molecule has 12 heteroatoms. The molecular weight excluding hydrogens is 545 g/mol. The molecule has 5 rings (SSSR count). The zero-order valence-corrected chi connectivity index (χ0v) is 24.9. The number of carbonyl (C=O) groups excluding carboxylic acids is 5. The number of aliphatic carboxylic acids is 1. The van der Waals surface area contributed by atoms with Crippen LogP contribution in [-0.2, 0) is 28.7 Å². The number of rotatable bonds is 9. The first-order valence-corrected chi connectivity index (χ1v) is 13.6. The molecule has 2 saturated heterocycles. The van der Waals surface area contributed by atoms with E-state index in [0.29, 0.717) is 6.42 Å². The largest absolute Gasteiger partial charge is 1.00 e. The quantitative estimate of drug-likeness (QED) is 0.210. The number of carbonyl (C=O) groups is 5. The zero-order valence-electron chi connectivity index (χ0n) is 22.1. The summed E-state index contributed by atoms with van der Waals surface area (Å²) in [4.78, 5) is 64.5. The molecule has 0 spiro atoms. The van der Waals surface area contributed by atoms with E-state index in [2.05, 4.69) is 5.32 Å². The van der Waals surface area contributed by atoms with Gasteiger partial charge in [0.15, 0.2) is 0 Å². The van der Waals surface area contributed by atoms with Crippen molar-refractivity contribution in [3.05, 3.63) is 77.5 Å². The summed E-state index contributed by atoms with van der Waals surface area (Å²) in [6.45, 7) is 0.952. The molecule has 40 heavy (non-hydrogen) atoms. The summed E-state index contributed by atoms with van der Waals surface area (Å²) in [5, 5.41) is 13.9. The number of hydrogen-bond donors (Lipinski definition) is 1. The number of anilines is 1. The summed E-state index contributed by atoms with van der Waals surface area (Å²) in [5.74, 6) is -3.33. The van der Waals surface area contributed by atoms with Gasteiger partial charge in [-0.25, -0.2) is 0 Å². The van der Waals surface area contributed by atoms with Gasteiger partial charge in [0.2, 0.25) is 11.8 Å². The van der Waals surface area contributed by atoms with Crippen molar-refractivity contribution in [2.75, 3.05) is 17.3 Å². The first-order valence-electron chi connectivity index (χ1n) is 12.5. The van der Waals surface area contributed by atoms with Gasteiger partial charge in [-0.05, 0) is 24.1 Å². The Morgan fingerprint density at radius 1 is 1.00 bits per heavy atom. The Balaban J connectivity index is 0.00000370. The molecule has 4 atom stereocenters. The smallest absolute Gasteiger partial charge is 0.543 e. The van der Waals surface area contributed by atoms with Gasteiger partial charge in [0.1, 0.15) is 18.0 Å². The SMILES string of the molecule is CC(=O)OCC1=C(C(=O)[O-])N2C(=O)[C@@H](NC(=O)CCC3C(=O)N(c4ccccc4)C3c3ccccc3)[C@H]2SC1.[Na+]. The minimum absolute atomic E-state index is 0. The first-order chi connectivity index (χ1) is 18.8. The van der Waals surface area contributed by atoms with Crippen molar-refractivity contribution in [1.82, 2.24) is 10.2 Å². The predicted octanol–water partition coefficient (Wildman–Crippen LogP) is -1.86. The second-order valence-corrected chi connectivity index (χ2v) is 10.6. The van der Waals surface area contributed by atoms with Crippen LogP contribution in [0.4, 0.5) is 5.69 Å². The van der Waals surface area contributed by atoms with Gasteiger partial charge in [0.05, 0.1) is 23.6 Å². The topological polar surface area (TPSA) is 136 Å². The van der Waals surface area contributed by atoms with Crippen LogP contribution in [0.25, 0.3) is 0 Å². The number of esters is 1. The monoisotopic (exact) mass is 571 g/mol. The molecule has 2 fully saturated rings. The molecule has 3 aliphatic rings. The van der Waals surface area contributed by atoms with Gasteiger partial charge in [-0.15, -0.1) is 11.8 Å². The van der Waals surface area contributed by atoms with Gasteiger partial charge in [-0.2, -0.15) is 0 Å². The average Bonchev–Trinajstić information content (AvgIpc) is 2.93. The Kier molecular flexibility index (Phi) is 9.40. The molecule has 3 aliphatic heterocycles. The molecule has 202 valence electrons. The van der Waals surface area contributed by atoms with Gasteiger partial charge in [-0.3, -0.25) is 24.1 Å². The normalized spacial score (nSPS) is 23.3. The number of nitrogens with one attached hydrogen (secondary N) is 1. The molecule has 0 saturated carbocycles. The molecule has 0 bridgehead atoms. The van der Waals surface area contributed by atoms with E-state index in [0.717, 1.165) is 16.2 Å². The Bertz CT molecular complexity index is 1350. The Morgan fingerprint density at radius 2 is 1.65 bits per heavy atom. The minimum Gasteiger partial charge on any atom is -0.543 e. The molecule has 0 aliphatic carbocycles. The first kappa shape index (κ1) is 29.9. The van der Waals surface area contributed by atoms with Gasteiger partial charge in [0, 0.05) is 30.4 Å². The van der Waals surface area contributed by atoms with Gasteiger partial charge < -0.3 is 24.9 Å². The molecule has 3 heterocycles. The number of β-lactam (4-membered cyclic amide) rings is 2. The van der Waals surface area contributed by atoms with E-state index in [1.165, 1.54) is 18.7 Å². The molecule has 2 unspecified atom stereocenters. The number of ether oxygens (including phenoxy) is 1. The number of thioether (sulfide) groups is 1. The summed E-state index contributed by atoms with van der Waals surface area (Å²) < 4.78 is 4.91. The van der Waals surface area contributed by atoms with E-state index >= 15 is 0 Å². The number of amides is 3. The van der Waals surface area contributed by atoms with Crippen LogP contribution in [0, 0.1) is 5.92 Å². The Hall–Kier alpha value is -3.12. The third-order valence-electron chi connectivity index (χ3n) is 7.08. The van der Waals surface area contributed by atoms with E-state index in [1.54, 1.807) is 4.90 Å². The van der Waals surface area contributed by atoms with Crippen LogP contribution in [0.1, 0.15) is 31.4 Å². The van der Waals surface area contributed by atoms with Crippen LogP contribution in [-0.4, -0.2) is 58.3 Å². The number of fused-ring (bicyclic) bond motifs is 1. The van der Waals surface area contributed by atoms with E-state index in [1.807, 2.05) is 60.7 Å². The second-order valence-electron chi connectivity index (χ2n) is 9.52. The molecule has 2 aromatic carbocycles. The third kappa shape index (κ3) is 5.69. The fourth-order valence-electron chi connectivity index (χ4n) is 5.24. The van der Waals surface area contributed by atoms with Crippen molar-refractivity contribution in [2.45, 2.75) is 37.2 Å². The molecule has 2 aromatic rings. The summed E-state index contributed by atoms with van der Waals surface area (Å²) in [5.41, 5.74) is 1.71. The second kappa shape index (κ2) is 12.6. The molecule has 3 amide bonds. The third-order valence-corrected chi connectivity index (χ3v) is 8.42. The fraction of sp³-hybridized carbons (Fsp3) is 0.321. The van der Waals surface area contributed by atoms with Crippen molar-refractivity contribution < 1.29 is 63.4 Å². The number of benzene rings is 2. The van der Waals surface area contributed by atoms with Crippen molar-refractivity contribution in [3.63, 3.8) is 0 Å². The maximum atomic E-state index is 13.1. The van der Waals surface area contributed by atoms with Crippen LogP contribution in [0.5, 0.6) is 0 Å². The predicted molar refractivity (Wildman–Crippen MR) is 140 cm³/mol. The van der Waals surface area contributed by atoms with Crippen molar-refractivity contribution in [3.8, 4) is 0 Å². The van der Waals surface area contributed by atoms with E-state index < -0.39 is 41.1 Å². The van der Waals surface area contributed by atoms with Crippen molar-refractivity contribution >= 4 is 47.1 Å². The van der Waals surface area contributed by atoms with E-state index in [9.17, 15) is 29.1 Å². The number of para-hydroxylation sites is 1. The van der Waals surface area contributed by atoms with Crippen LogP contribution >= 0.6 is 11.8 Å². The molecule has 0 aromatic heterocycles. The molecule has 1 N–H and O–H groups in total. The molecule has 10 nitrogen and oxygen atoms in total. The van der Waals surface area contributed by atoms with Crippen LogP contribution in [0.3, 0.4) is 0 Å². The molecular formula is C28H26N3NaO7S. The van der Waals surface area contributed by atoms with E-state index in [4.69, 9.17) is 4.74 Å². The zero-order chi connectivity index (χ0) is 27.7. The van der Waals surface area contributed by atoms with Crippen molar-refractivity contribution in [1.29, 1.82) is 0 Å². The van der Waals surface area contributed by atoms with Gasteiger partial charge >= 0.3 is 35.5 Å². The maximum absolute atomic E-state index is 13.1. The van der Waals surface area contributed by atoms with Crippen LogP contribution in [0.2, 0.25) is 0 Å². The maximum Gasteiger partial charge on any atom is 1.00 e. The van der Waals surface area contributed by atoms with Crippen molar-refractivity contribution in [2.24, 2.45) is 5.92 Å². The van der Waals surface area contributed by atoms with Crippen LogP contribution < -0.4 is 44.9 Å². The minimum atomic E-state index is -1.54. The summed E-state index contributed by atoms with van der Waals surface area (Å²) >= 11 is 1.27. The summed E-state index contributed by atoms with van der Waals surface area (Å²) in [6, 6.07) is 17.9. The van der Waals surface area contributed by atoms with Gasteiger partial charge in [-0.1, -0.05) is 48.5 Å². The standard InChI is InChI=1S/C28H27N3O7S.Na/c1-16(32)38-14-18-15-39-27-22(26(35)31(27)24(18)28(36)37)29-21(33)13-12-20-23(17-8-4-2-5-9-17)30(25(20)34)19-10-6-3-7-11-19;/h2-11,20,22-23,27H,12-15H2,1H3,(H,29,33)(H,36,37);/q;+1/p-1/t20?,22-,23?,27-;/m1./s1. The number of carboxylic acid groups (broad SMARTS) is 1. The van der Waals surface area contributed by atoms with Gasteiger partial charge in [0.25, 0.3) is 5.91 Å². The summed E-state index contributed by atoms with van der Waals surface area (Å²) in [7, 11) is 0. The number of nitrogens with zero attached hydrogens (tertiary/aromatic N) is 2. The number of hydrogen-bond acceptors (Lipinski definition) is 8. The summed E-state index contributed by atoms with van der Waals surface area (Å²) in [6.07, 6.45) is 0.331. The Labute approximate surface area is 257 Å². The molecule has 0 radical (unpaired) electrons. The fourth-order valence-corrected chi connectivity index (χ4v) is 6.57. The van der Waals surface area contributed by atoms with Crippen LogP contribution in [0.15, 0.2) is 71.9 Å². The Morgan fingerprint density at radius 3 is 2.27 bits per heavy atom. The number of carboxylic acids is 1. The average molecular weight is 572 g/mol.